The average molecular weight is 201 g/mol. The van der Waals surface area contributed by atoms with Crippen LogP contribution in [0.5, 0.6) is 0 Å². The highest BCUT2D eigenvalue weighted by Gasteiger charge is 2.39. The SMILES string of the molecule is CCC(CC)NCC1(O)CCOC1C. The van der Waals surface area contributed by atoms with E-state index < -0.39 is 5.60 Å². The van der Waals surface area contributed by atoms with Gasteiger partial charge in [-0.05, 0) is 19.8 Å². The van der Waals surface area contributed by atoms with Gasteiger partial charge >= 0.3 is 0 Å². The lowest BCUT2D eigenvalue weighted by Crippen LogP contribution is -2.48. The Balaban J connectivity index is 2.35. The van der Waals surface area contributed by atoms with E-state index in [1.54, 1.807) is 0 Å². The van der Waals surface area contributed by atoms with E-state index in [4.69, 9.17) is 4.74 Å². The first-order valence-electron chi connectivity index (χ1n) is 5.69. The Morgan fingerprint density at radius 2 is 2.14 bits per heavy atom. The average Bonchev–Trinajstić information content (AvgIpc) is 2.49. The highest BCUT2D eigenvalue weighted by Crippen LogP contribution is 2.24. The van der Waals surface area contributed by atoms with Crippen molar-refractivity contribution in [1.82, 2.24) is 5.32 Å². The minimum Gasteiger partial charge on any atom is -0.386 e. The van der Waals surface area contributed by atoms with Crippen molar-refractivity contribution in [2.45, 2.75) is 57.8 Å². The zero-order chi connectivity index (χ0) is 10.6. The fraction of sp³-hybridized carbons (Fsp3) is 1.00. The van der Waals surface area contributed by atoms with Gasteiger partial charge in [-0.15, -0.1) is 0 Å². The molecule has 0 aliphatic carbocycles. The maximum Gasteiger partial charge on any atom is 0.105 e. The minimum atomic E-state index is -0.650. The molecule has 3 heteroatoms. The Bertz CT molecular complexity index is 171. The van der Waals surface area contributed by atoms with Gasteiger partial charge in [0.05, 0.1) is 6.10 Å². The van der Waals surface area contributed by atoms with Crippen LogP contribution in [0.1, 0.15) is 40.0 Å². The second-order valence-electron chi connectivity index (χ2n) is 4.26. The Kier molecular flexibility index (Phi) is 4.35. The van der Waals surface area contributed by atoms with Gasteiger partial charge in [0.25, 0.3) is 0 Å². The van der Waals surface area contributed by atoms with E-state index in [1.165, 1.54) is 0 Å². The molecule has 2 N–H and O–H groups in total. The van der Waals surface area contributed by atoms with E-state index in [-0.39, 0.29) is 6.10 Å². The molecule has 2 unspecified atom stereocenters. The van der Waals surface area contributed by atoms with Gasteiger partial charge in [-0.25, -0.2) is 0 Å². The van der Waals surface area contributed by atoms with Crippen LogP contribution in [-0.2, 0) is 4.74 Å². The van der Waals surface area contributed by atoms with Crippen molar-refractivity contribution in [2.75, 3.05) is 13.2 Å². The van der Waals surface area contributed by atoms with Crippen molar-refractivity contribution < 1.29 is 9.84 Å². The van der Waals surface area contributed by atoms with E-state index in [0.29, 0.717) is 19.2 Å². The molecule has 1 aliphatic rings. The lowest BCUT2D eigenvalue weighted by Gasteiger charge is -2.28. The summed E-state index contributed by atoms with van der Waals surface area (Å²) in [4.78, 5) is 0. The molecule has 14 heavy (non-hydrogen) atoms. The molecule has 2 atom stereocenters. The van der Waals surface area contributed by atoms with Gasteiger partial charge in [0.2, 0.25) is 0 Å². The summed E-state index contributed by atoms with van der Waals surface area (Å²) < 4.78 is 5.38. The predicted octanol–water partition coefficient (Wildman–Crippen LogP) is 1.30. The predicted molar refractivity (Wildman–Crippen MR) is 57.4 cm³/mol. The topological polar surface area (TPSA) is 41.5 Å². The molecule has 84 valence electrons. The largest absolute Gasteiger partial charge is 0.386 e. The van der Waals surface area contributed by atoms with Gasteiger partial charge in [0.1, 0.15) is 5.60 Å². The molecule has 0 radical (unpaired) electrons. The first kappa shape index (κ1) is 12.0. The summed E-state index contributed by atoms with van der Waals surface area (Å²) in [7, 11) is 0. The smallest absolute Gasteiger partial charge is 0.105 e. The zero-order valence-corrected chi connectivity index (χ0v) is 9.55. The maximum absolute atomic E-state index is 10.2. The van der Waals surface area contributed by atoms with Crippen LogP contribution in [0.3, 0.4) is 0 Å². The highest BCUT2D eigenvalue weighted by atomic mass is 16.5. The Labute approximate surface area is 86.8 Å². The van der Waals surface area contributed by atoms with Crippen LogP contribution < -0.4 is 5.32 Å². The third-order valence-corrected chi connectivity index (χ3v) is 3.34. The number of nitrogens with one attached hydrogen (secondary N) is 1. The van der Waals surface area contributed by atoms with Crippen molar-refractivity contribution in [1.29, 1.82) is 0 Å². The Morgan fingerprint density at radius 1 is 1.50 bits per heavy atom. The molecule has 1 fully saturated rings. The lowest BCUT2D eigenvalue weighted by atomic mass is 9.96. The molecule has 0 spiro atoms. The molecule has 1 aliphatic heterocycles. The molecule has 3 nitrogen and oxygen atoms in total. The van der Waals surface area contributed by atoms with Crippen LogP contribution in [0.25, 0.3) is 0 Å². The summed E-state index contributed by atoms with van der Waals surface area (Å²) in [5, 5.41) is 13.6. The van der Waals surface area contributed by atoms with Crippen LogP contribution in [-0.4, -0.2) is 36.0 Å². The van der Waals surface area contributed by atoms with Crippen molar-refractivity contribution in [3.8, 4) is 0 Å². The number of rotatable bonds is 5. The molecular formula is C11H23NO2. The van der Waals surface area contributed by atoms with Gasteiger partial charge in [-0.2, -0.15) is 0 Å². The molecular weight excluding hydrogens is 178 g/mol. The molecule has 0 aromatic carbocycles. The second kappa shape index (κ2) is 5.10. The Morgan fingerprint density at radius 3 is 2.57 bits per heavy atom. The van der Waals surface area contributed by atoms with Gasteiger partial charge in [0.15, 0.2) is 0 Å². The number of hydrogen-bond donors (Lipinski definition) is 2. The van der Waals surface area contributed by atoms with Crippen LogP contribution >= 0.6 is 0 Å². The standard InChI is InChI=1S/C11H23NO2/c1-4-10(5-2)12-8-11(13)6-7-14-9(11)3/h9-10,12-13H,4-8H2,1-3H3. The first-order valence-corrected chi connectivity index (χ1v) is 5.69. The fourth-order valence-electron chi connectivity index (χ4n) is 1.90. The van der Waals surface area contributed by atoms with Gasteiger partial charge in [0, 0.05) is 25.6 Å². The molecule has 0 saturated carbocycles. The summed E-state index contributed by atoms with van der Waals surface area (Å²) in [6.07, 6.45) is 2.94. The van der Waals surface area contributed by atoms with Crippen LogP contribution in [0.4, 0.5) is 0 Å². The molecule has 1 rings (SSSR count). The summed E-state index contributed by atoms with van der Waals surface area (Å²) in [5.74, 6) is 0. The van der Waals surface area contributed by atoms with E-state index in [2.05, 4.69) is 19.2 Å². The molecule has 0 amide bonds. The maximum atomic E-state index is 10.2. The summed E-state index contributed by atoms with van der Waals surface area (Å²) >= 11 is 0. The van der Waals surface area contributed by atoms with Crippen molar-refractivity contribution in [3.63, 3.8) is 0 Å². The van der Waals surface area contributed by atoms with Crippen LogP contribution in [0, 0.1) is 0 Å². The molecule has 0 bridgehead atoms. The normalized spacial score (nSPS) is 32.8. The minimum absolute atomic E-state index is 0.0376. The fourth-order valence-corrected chi connectivity index (χ4v) is 1.90. The number of ether oxygens (including phenoxy) is 1. The molecule has 0 aromatic rings. The lowest BCUT2D eigenvalue weighted by molar-refractivity contribution is -0.0277. The zero-order valence-electron chi connectivity index (χ0n) is 9.55. The quantitative estimate of drug-likeness (QED) is 0.704. The van der Waals surface area contributed by atoms with E-state index >= 15 is 0 Å². The second-order valence-corrected chi connectivity index (χ2v) is 4.26. The third-order valence-electron chi connectivity index (χ3n) is 3.34. The first-order chi connectivity index (χ1) is 6.62. The molecule has 1 heterocycles. The van der Waals surface area contributed by atoms with Crippen molar-refractivity contribution >= 4 is 0 Å². The number of hydrogen-bond acceptors (Lipinski definition) is 3. The van der Waals surface area contributed by atoms with Gasteiger partial charge < -0.3 is 15.2 Å². The van der Waals surface area contributed by atoms with Crippen LogP contribution in [0.15, 0.2) is 0 Å². The molecule has 0 aromatic heterocycles. The summed E-state index contributed by atoms with van der Waals surface area (Å²) in [5.41, 5.74) is -0.650. The summed E-state index contributed by atoms with van der Waals surface area (Å²) in [6.45, 7) is 7.62. The monoisotopic (exact) mass is 201 g/mol. The van der Waals surface area contributed by atoms with E-state index in [1.807, 2.05) is 6.92 Å². The van der Waals surface area contributed by atoms with E-state index in [9.17, 15) is 5.11 Å². The molecule has 1 saturated heterocycles. The third kappa shape index (κ3) is 2.69. The summed E-state index contributed by atoms with van der Waals surface area (Å²) in [6, 6.07) is 0.520. The Hall–Kier alpha value is -0.120. The van der Waals surface area contributed by atoms with Gasteiger partial charge in [-0.3, -0.25) is 0 Å². The van der Waals surface area contributed by atoms with Crippen molar-refractivity contribution in [3.05, 3.63) is 0 Å². The van der Waals surface area contributed by atoms with E-state index in [0.717, 1.165) is 19.3 Å². The number of aliphatic hydroxyl groups is 1. The highest BCUT2D eigenvalue weighted by molar-refractivity contribution is 4.92. The van der Waals surface area contributed by atoms with Crippen LogP contribution in [0.2, 0.25) is 0 Å². The van der Waals surface area contributed by atoms with Crippen molar-refractivity contribution in [2.24, 2.45) is 0 Å². The van der Waals surface area contributed by atoms with Gasteiger partial charge in [-0.1, -0.05) is 13.8 Å².